The van der Waals surface area contributed by atoms with E-state index < -0.39 is 0 Å². The smallest absolute Gasteiger partial charge is 0.263 e. The Kier molecular flexibility index (Phi) is 3.74. The van der Waals surface area contributed by atoms with Crippen LogP contribution in [0.2, 0.25) is 0 Å². The molecule has 1 aromatic heterocycles. The van der Waals surface area contributed by atoms with E-state index in [4.69, 9.17) is 0 Å². The van der Waals surface area contributed by atoms with Crippen LogP contribution in [0, 0.1) is 5.41 Å². The van der Waals surface area contributed by atoms with Crippen molar-refractivity contribution in [3.8, 4) is 0 Å². The van der Waals surface area contributed by atoms with Gasteiger partial charge in [0.2, 0.25) is 0 Å². The minimum atomic E-state index is -0.317. The van der Waals surface area contributed by atoms with Gasteiger partial charge in [0.05, 0.1) is 0 Å². The van der Waals surface area contributed by atoms with Crippen LogP contribution in [0.1, 0.15) is 60.3 Å². The predicted molar refractivity (Wildman–Crippen MR) is 95.7 cm³/mol. The average Bonchev–Trinajstić information content (AvgIpc) is 3.39. The van der Waals surface area contributed by atoms with Crippen molar-refractivity contribution in [3.05, 3.63) is 63.8 Å². The molecule has 5 heteroatoms. The number of rotatable bonds is 3. The number of nitrogens with zero attached hydrogens (tertiary/aromatic N) is 2. The highest BCUT2D eigenvalue weighted by atomic mass is 16.2. The van der Waals surface area contributed by atoms with Crippen molar-refractivity contribution in [2.24, 2.45) is 5.41 Å². The van der Waals surface area contributed by atoms with Crippen molar-refractivity contribution < 1.29 is 4.79 Å². The van der Waals surface area contributed by atoms with Gasteiger partial charge in [-0.2, -0.15) is 0 Å². The highest BCUT2D eigenvalue weighted by molar-refractivity contribution is 5.93. The number of hydrogen-bond acceptors (Lipinski definition) is 3. The van der Waals surface area contributed by atoms with Gasteiger partial charge in [-0.25, -0.2) is 4.98 Å². The lowest BCUT2D eigenvalue weighted by Crippen LogP contribution is -2.34. The summed E-state index contributed by atoms with van der Waals surface area (Å²) in [6.07, 6.45) is 3.59. The fourth-order valence-electron chi connectivity index (χ4n) is 3.83. The van der Waals surface area contributed by atoms with E-state index >= 15 is 0 Å². The number of nitrogens with one attached hydrogen (secondary N) is 1. The number of carbonyl (C=O) groups excluding carboxylic acids is 1. The molecule has 2 fully saturated rings. The molecule has 4 rings (SSSR count). The third kappa shape index (κ3) is 2.99. The van der Waals surface area contributed by atoms with Crippen LogP contribution in [0.15, 0.2) is 41.3 Å². The molecule has 0 spiro atoms. The molecule has 5 nitrogen and oxygen atoms in total. The lowest BCUT2D eigenvalue weighted by molar-refractivity contribution is 0.0775. The van der Waals surface area contributed by atoms with Crippen molar-refractivity contribution in [1.82, 2.24) is 14.9 Å². The van der Waals surface area contributed by atoms with Crippen LogP contribution in [-0.2, 0) is 0 Å². The van der Waals surface area contributed by atoms with E-state index in [0.29, 0.717) is 24.8 Å². The number of benzene rings is 1. The number of amides is 1. The highest BCUT2D eigenvalue weighted by Crippen LogP contribution is 2.42. The zero-order valence-corrected chi connectivity index (χ0v) is 14.7. The minimum absolute atomic E-state index is 0.0366. The Morgan fingerprint density at radius 2 is 1.96 bits per heavy atom. The van der Waals surface area contributed by atoms with Crippen LogP contribution in [0.5, 0.6) is 0 Å². The maximum Gasteiger partial charge on any atom is 0.263 e. The Hall–Kier alpha value is -2.43. The number of H-pyrrole nitrogens is 1. The van der Waals surface area contributed by atoms with Crippen LogP contribution in [0.25, 0.3) is 0 Å². The molecule has 130 valence electrons. The molecule has 0 bridgehead atoms. The largest absolute Gasteiger partial charge is 0.337 e. The molecule has 1 aromatic carbocycles. The fourth-order valence-corrected chi connectivity index (χ4v) is 3.83. The quantitative estimate of drug-likeness (QED) is 0.936. The van der Waals surface area contributed by atoms with Gasteiger partial charge in [0.25, 0.3) is 11.5 Å². The topological polar surface area (TPSA) is 66.1 Å². The second-order valence-electron chi connectivity index (χ2n) is 7.92. The van der Waals surface area contributed by atoms with Crippen molar-refractivity contribution in [3.63, 3.8) is 0 Å². The van der Waals surface area contributed by atoms with E-state index in [1.165, 1.54) is 11.8 Å². The van der Waals surface area contributed by atoms with Crippen LogP contribution in [0.4, 0.5) is 0 Å². The van der Waals surface area contributed by atoms with E-state index in [1.54, 1.807) is 4.90 Å². The maximum atomic E-state index is 12.9. The van der Waals surface area contributed by atoms with Gasteiger partial charge in [-0.3, -0.25) is 9.59 Å². The number of aromatic nitrogens is 2. The van der Waals surface area contributed by atoms with E-state index in [0.717, 1.165) is 12.8 Å². The Labute approximate surface area is 147 Å². The zero-order chi connectivity index (χ0) is 17.6. The molecule has 1 N–H and O–H groups in total. The lowest BCUT2D eigenvalue weighted by atomic mass is 9.78. The van der Waals surface area contributed by atoms with Crippen LogP contribution >= 0.6 is 0 Å². The summed E-state index contributed by atoms with van der Waals surface area (Å²) in [5.74, 6) is 1.12. The zero-order valence-electron chi connectivity index (χ0n) is 14.7. The Morgan fingerprint density at radius 1 is 1.24 bits per heavy atom. The van der Waals surface area contributed by atoms with E-state index in [-0.39, 0.29) is 28.4 Å². The summed E-state index contributed by atoms with van der Waals surface area (Å²) in [5, 5.41) is 0. The molecule has 1 saturated heterocycles. The van der Waals surface area contributed by atoms with Gasteiger partial charge < -0.3 is 9.88 Å². The van der Waals surface area contributed by atoms with Crippen molar-refractivity contribution in [2.45, 2.75) is 38.5 Å². The summed E-state index contributed by atoms with van der Waals surface area (Å²) >= 11 is 0. The third-order valence-electron chi connectivity index (χ3n) is 5.45. The van der Waals surface area contributed by atoms with Gasteiger partial charge >= 0.3 is 0 Å². The predicted octanol–water partition coefficient (Wildman–Crippen LogP) is 2.91. The molecule has 1 atom stereocenters. The molecule has 0 radical (unpaired) electrons. The first-order chi connectivity index (χ1) is 12.0. The number of carbonyl (C=O) groups is 1. The average molecular weight is 337 g/mol. The van der Waals surface area contributed by atoms with Gasteiger partial charge in [0.1, 0.15) is 11.4 Å². The van der Waals surface area contributed by atoms with Crippen LogP contribution in [0.3, 0.4) is 0 Å². The number of likely N-dealkylation sites (tertiary alicyclic amines) is 1. The number of aromatic amines is 1. The van der Waals surface area contributed by atoms with Gasteiger partial charge in [0.15, 0.2) is 0 Å². The SMILES string of the molecule is CC1(C)CN(C(=O)c2cnc(C3CC3)[nH]c2=O)C[C@H]1c1ccccc1. The summed E-state index contributed by atoms with van der Waals surface area (Å²) in [7, 11) is 0. The Bertz CT molecular complexity index is 853. The van der Waals surface area contributed by atoms with Crippen LogP contribution in [-0.4, -0.2) is 33.9 Å². The van der Waals surface area contributed by atoms with E-state index in [2.05, 4.69) is 35.9 Å². The lowest BCUT2D eigenvalue weighted by Gasteiger charge is -2.25. The molecule has 1 aliphatic carbocycles. The van der Waals surface area contributed by atoms with Crippen molar-refractivity contribution >= 4 is 5.91 Å². The second-order valence-corrected chi connectivity index (χ2v) is 7.92. The second kappa shape index (κ2) is 5.83. The van der Waals surface area contributed by atoms with E-state index in [1.807, 2.05) is 18.2 Å². The summed E-state index contributed by atoms with van der Waals surface area (Å²) in [6.45, 7) is 5.61. The summed E-state index contributed by atoms with van der Waals surface area (Å²) in [4.78, 5) is 34.1. The molecule has 1 saturated carbocycles. The monoisotopic (exact) mass is 337 g/mol. The maximum absolute atomic E-state index is 12.9. The third-order valence-corrected chi connectivity index (χ3v) is 5.45. The molecule has 25 heavy (non-hydrogen) atoms. The molecular weight excluding hydrogens is 314 g/mol. The van der Waals surface area contributed by atoms with Gasteiger partial charge in [-0.1, -0.05) is 44.2 Å². The molecule has 2 heterocycles. The van der Waals surface area contributed by atoms with Gasteiger partial charge in [-0.15, -0.1) is 0 Å². The molecule has 2 aliphatic rings. The molecular formula is C20H23N3O2. The summed E-state index contributed by atoms with van der Waals surface area (Å²) in [6, 6.07) is 10.3. The molecule has 1 amide bonds. The molecule has 2 aromatic rings. The molecule has 0 unspecified atom stereocenters. The summed E-state index contributed by atoms with van der Waals surface area (Å²) < 4.78 is 0. The van der Waals surface area contributed by atoms with E-state index in [9.17, 15) is 9.59 Å². The minimum Gasteiger partial charge on any atom is -0.337 e. The Morgan fingerprint density at radius 3 is 2.60 bits per heavy atom. The first-order valence-corrected chi connectivity index (χ1v) is 8.89. The van der Waals surface area contributed by atoms with Gasteiger partial charge in [-0.05, 0) is 23.8 Å². The molecule has 1 aliphatic heterocycles. The van der Waals surface area contributed by atoms with Gasteiger partial charge in [0, 0.05) is 31.1 Å². The fraction of sp³-hybridized carbons (Fsp3) is 0.450. The van der Waals surface area contributed by atoms with Crippen LogP contribution < -0.4 is 5.56 Å². The standard InChI is InChI=1S/C20H23N3O2/c1-20(2)12-23(11-16(20)13-6-4-3-5-7-13)19(25)15-10-21-17(14-8-9-14)22-18(15)24/h3-7,10,14,16H,8-9,11-12H2,1-2H3,(H,21,22,24)/t16-/m0/s1. The number of hydrogen-bond donors (Lipinski definition) is 1. The Balaban J connectivity index is 1.58. The van der Waals surface area contributed by atoms with Crippen molar-refractivity contribution in [2.75, 3.05) is 13.1 Å². The van der Waals surface area contributed by atoms with Crippen molar-refractivity contribution in [1.29, 1.82) is 0 Å². The first kappa shape index (κ1) is 16.1. The first-order valence-electron chi connectivity index (χ1n) is 8.89. The highest BCUT2D eigenvalue weighted by Gasteiger charge is 2.42. The summed E-state index contributed by atoms with van der Waals surface area (Å²) in [5.41, 5.74) is 1.03. The normalized spacial score (nSPS) is 22.2.